The Balaban J connectivity index is 2.06. The molecule has 2 nitrogen and oxygen atoms in total. The summed E-state index contributed by atoms with van der Waals surface area (Å²) in [5.41, 5.74) is 0.0272. The Kier molecular flexibility index (Phi) is 2.48. The predicted octanol–water partition coefficient (Wildman–Crippen LogP) is 2.54. The first-order valence-corrected chi connectivity index (χ1v) is 4.73. The van der Waals surface area contributed by atoms with Crippen LogP contribution in [0.4, 0.5) is 4.39 Å². The van der Waals surface area contributed by atoms with Crippen LogP contribution in [0.15, 0.2) is 24.3 Å². The Morgan fingerprint density at radius 1 is 1.36 bits per heavy atom. The maximum atomic E-state index is 13.1. The van der Waals surface area contributed by atoms with Gasteiger partial charge in [-0.25, -0.2) is 9.18 Å². The maximum Gasteiger partial charge on any atom is 0.341 e. The Morgan fingerprint density at radius 2 is 2.07 bits per heavy atom. The van der Waals surface area contributed by atoms with Crippen molar-refractivity contribution < 1.29 is 13.9 Å². The van der Waals surface area contributed by atoms with E-state index in [-0.39, 0.29) is 11.7 Å². The molecule has 14 heavy (non-hydrogen) atoms. The third-order valence-electron chi connectivity index (χ3n) is 2.42. The van der Waals surface area contributed by atoms with E-state index in [9.17, 15) is 9.18 Å². The summed E-state index contributed by atoms with van der Waals surface area (Å²) in [5.74, 6) is -1.07. The molecule has 0 N–H and O–H groups in total. The summed E-state index contributed by atoms with van der Waals surface area (Å²) in [6.07, 6.45) is 2.90. The van der Waals surface area contributed by atoms with Crippen molar-refractivity contribution in [3.05, 3.63) is 35.6 Å². The van der Waals surface area contributed by atoms with E-state index < -0.39 is 11.8 Å². The van der Waals surface area contributed by atoms with E-state index in [2.05, 4.69) is 0 Å². The molecule has 0 aliphatic heterocycles. The Bertz CT molecular complexity index is 345. The highest BCUT2D eigenvalue weighted by molar-refractivity contribution is 5.89. The van der Waals surface area contributed by atoms with E-state index in [1.54, 1.807) is 12.1 Å². The zero-order chi connectivity index (χ0) is 9.97. The number of benzene rings is 1. The van der Waals surface area contributed by atoms with Gasteiger partial charge in [-0.15, -0.1) is 0 Å². The van der Waals surface area contributed by atoms with E-state index in [4.69, 9.17) is 4.74 Å². The molecule has 0 heterocycles. The van der Waals surface area contributed by atoms with E-state index in [1.165, 1.54) is 12.1 Å². The number of carbonyl (C=O) groups is 1. The molecular weight excluding hydrogens is 183 g/mol. The zero-order valence-electron chi connectivity index (χ0n) is 7.70. The van der Waals surface area contributed by atoms with Crippen LogP contribution >= 0.6 is 0 Å². The summed E-state index contributed by atoms with van der Waals surface area (Å²) in [5, 5.41) is 0. The fourth-order valence-corrected chi connectivity index (χ4v) is 1.33. The van der Waals surface area contributed by atoms with Gasteiger partial charge in [0.15, 0.2) is 0 Å². The highest BCUT2D eigenvalue weighted by atomic mass is 19.1. The van der Waals surface area contributed by atoms with Crippen molar-refractivity contribution in [2.24, 2.45) is 0 Å². The van der Waals surface area contributed by atoms with Crippen LogP contribution in [0.1, 0.15) is 29.6 Å². The minimum atomic E-state index is -0.548. The van der Waals surface area contributed by atoms with Gasteiger partial charge in [0, 0.05) is 0 Å². The Labute approximate surface area is 81.7 Å². The van der Waals surface area contributed by atoms with Crippen LogP contribution in [0.5, 0.6) is 0 Å². The predicted molar refractivity (Wildman–Crippen MR) is 49.5 cm³/mol. The number of halogens is 1. The van der Waals surface area contributed by atoms with Gasteiger partial charge in [-0.1, -0.05) is 12.1 Å². The van der Waals surface area contributed by atoms with E-state index >= 15 is 0 Å². The Hall–Kier alpha value is -1.38. The van der Waals surface area contributed by atoms with Crippen molar-refractivity contribution in [3.63, 3.8) is 0 Å². The molecule has 0 unspecified atom stereocenters. The van der Waals surface area contributed by atoms with Crippen LogP contribution in [-0.2, 0) is 4.74 Å². The number of esters is 1. The second-order valence-corrected chi connectivity index (χ2v) is 3.44. The van der Waals surface area contributed by atoms with Gasteiger partial charge in [-0.3, -0.25) is 0 Å². The monoisotopic (exact) mass is 194 g/mol. The molecule has 1 saturated carbocycles. The highest BCUT2D eigenvalue weighted by Gasteiger charge is 2.23. The minimum absolute atomic E-state index is 0.00195. The molecule has 1 fully saturated rings. The molecule has 1 aromatic rings. The first kappa shape index (κ1) is 9.19. The van der Waals surface area contributed by atoms with E-state index in [1.807, 2.05) is 0 Å². The lowest BCUT2D eigenvalue weighted by Gasteiger charge is -2.25. The lowest BCUT2D eigenvalue weighted by atomic mass is 9.96. The molecule has 1 aliphatic carbocycles. The maximum absolute atomic E-state index is 13.1. The lowest BCUT2D eigenvalue weighted by Crippen LogP contribution is -2.25. The van der Waals surface area contributed by atoms with Crippen LogP contribution in [0.3, 0.4) is 0 Å². The fourth-order valence-electron chi connectivity index (χ4n) is 1.33. The lowest BCUT2D eigenvalue weighted by molar-refractivity contribution is 0.00854. The molecule has 1 aliphatic rings. The molecule has 1 aromatic carbocycles. The molecule has 0 aromatic heterocycles. The fraction of sp³-hybridized carbons (Fsp3) is 0.364. The number of hydrogen-bond acceptors (Lipinski definition) is 2. The summed E-state index contributed by atoms with van der Waals surface area (Å²) >= 11 is 0. The third-order valence-corrected chi connectivity index (χ3v) is 2.42. The van der Waals surface area contributed by atoms with Crippen LogP contribution in [0, 0.1) is 5.82 Å². The third kappa shape index (κ3) is 1.76. The van der Waals surface area contributed by atoms with Crippen molar-refractivity contribution in [2.45, 2.75) is 25.4 Å². The standard InChI is InChI=1S/C11H11FO2/c12-10-7-2-1-6-9(10)11(13)14-8-4-3-5-8/h1-2,6-8H,3-5H2. The molecular formula is C11H11FO2. The molecule has 0 atom stereocenters. The van der Waals surface area contributed by atoms with Gasteiger partial charge in [-0.2, -0.15) is 0 Å². The second-order valence-electron chi connectivity index (χ2n) is 3.44. The summed E-state index contributed by atoms with van der Waals surface area (Å²) < 4.78 is 18.2. The highest BCUT2D eigenvalue weighted by Crippen LogP contribution is 2.23. The topological polar surface area (TPSA) is 26.3 Å². The second kappa shape index (κ2) is 3.78. The van der Waals surface area contributed by atoms with Crippen molar-refractivity contribution in [1.29, 1.82) is 0 Å². The molecule has 0 bridgehead atoms. The molecule has 0 spiro atoms. The van der Waals surface area contributed by atoms with Gasteiger partial charge in [0.1, 0.15) is 11.9 Å². The molecule has 2 rings (SSSR count). The molecule has 0 saturated heterocycles. The van der Waals surface area contributed by atoms with Crippen LogP contribution < -0.4 is 0 Å². The van der Waals surface area contributed by atoms with Gasteiger partial charge in [-0.05, 0) is 31.4 Å². The average Bonchev–Trinajstić information content (AvgIpc) is 2.12. The number of rotatable bonds is 2. The number of carbonyl (C=O) groups excluding carboxylic acids is 1. The first-order valence-electron chi connectivity index (χ1n) is 4.73. The molecule has 0 amide bonds. The summed E-state index contributed by atoms with van der Waals surface area (Å²) in [4.78, 5) is 11.4. The van der Waals surface area contributed by atoms with Crippen LogP contribution in [0.25, 0.3) is 0 Å². The zero-order valence-corrected chi connectivity index (χ0v) is 7.70. The SMILES string of the molecule is O=C(OC1CCC1)c1ccccc1F. The quantitative estimate of drug-likeness (QED) is 0.676. The summed E-state index contributed by atoms with van der Waals surface area (Å²) in [6, 6.07) is 5.88. The van der Waals surface area contributed by atoms with Crippen molar-refractivity contribution in [2.75, 3.05) is 0 Å². The van der Waals surface area contributed by atoms with E-state index in [0.29, 0.717) is 0 Å². The summed E-state index contributed by atoms with van der Waals surface area (Å²) in [6.45, 7) is 0. The largest absolute Gasteiger partial charge is 0.459 e. The Morgan fingerprint density at radius 3 is 2.64 bits per heavy atom. The van der Waals surface area contributed by atoms with Gasteiger partial charge in [0.2, 0.25) is 0 Å². The summed E-state index contributed by atoms with van der Waals surface area (Å²) in [7, 11) is 0. The van der Waals surface area contributed by atoms with Crippen molar-refractivity contribution >= 4 is 5.97 Å². The van der Waals surface area contributed by atoms with Gasteiger partial charge < -0.3 is 4.74 Å². The van der Waals surface area contributed by atoms with E-state index in [0.717, 1.165) is 19.3 Å². The van der Waals surface area contributed by atoms with Crippen LogP contribution in [-0.4, -0.2) is 12.1 Å². The van der Waals surface area contributed by atoms with Crippen LogP contribution in [0.2, 0.25) is 0 Å². The smallest absolute Gasteiger partial charge is 0.341 e. The minimum Gasteiger partial charge on any atom is -0.459 e. The van der Waals surface area contributed by atoms with Gasteiger partial charge >= 0.3 is 5.97 Å². The van der Waals surface area contributed by atoms with Crippen molar-refractivity contribution in [1.82, 2.24) is 0 Å². The average molecular weight is 194 g/mol. The number of hydrogen-bond donors (Lipinski definition) is 0. The van der Waals surface area contributed by atoms with Crippen molar-refractivity contribution in [3.8, 4) is 0 Å². The molecule has 3 heteroatoms. The van der Waals surface area contributed by atoms with Gasteiger partial charge in [0.05, 0.1) is 5.56 Å². The normalized spacial score (nSPS) is 16.1. The first-order chi connectivity index (χ1) is 6.77. The molecule has 0 radical (unpaired) electrons. The molecule has 74 valence electrons. The van der Waals surface area contributed by atoms with Gasteiger partial charge in [0.25, 0.3) is 0 Å². The number of ether oxygens (including phenoxy) is 1.